The van der Waals surface area contributed by atoms with Gasteiger partial charge in [0.15, 0.2) is 0 Å². The van der Waals surface area contributed by atoms with Crippen LogP contribution in [0.5, 0.6) is 0 Å². The lowest BCUT2D eigenvalue weighted by atomic mass is 10.0. The first-order chi connectivity index (χ1) is 8.99. The van der Waals surface area contributed by atoms with Gasteiger partial charge in [-0.25, -0.2) is 8.78 Å². The van der Waals surface area contributed by atoms with Gasteiger partial charge >= 0.3 is 0 Å². The molecular weight excluding hydrogens is 293 g/mol. The number of aliphatic hydroxyl groups excluding tert-OH is 1. The van der Waals surface area contributed by atoms with Gasteiger partial charge < -0.3 is 5.11 Å². The molecule has 0 aliphatic rings. The van der Waals surface area contributed by atoms with Gasteiger partial charge in [0.05, 0.1) is 11.1 Å². The maximum absolute atomic E-state index is 13.7. The van der Waals surface area contributed by atoms with Crippen LogP contribution in [0.4, 0.5) is 8.78 Å². The summed E-state index contributed by atoms with van der Waals surface area (Å²) in [5, 5.41) is 10.1. The molecule has 0 aromatic heterocycles. The molecule has 0 heterocycles. The standard InChI is InChI=1S/C14H10Cl2F2O/c15-11-3-1-2-8(14(11)18)6-13(19)10-5-4-9(17)7-12(10)16/h1-5,7,13,19H,6H2. The van der Waals surface area contributed by atoms with E-state index in [4.69, 9.17) is 23.2 Å². The molecule has 1 unspecified atom stereocenters. The Balaban J connectivity index is 2.25. The van der Waals surface area contributed by atoms with Crippen molar-refractivity contribution in [3.8, 4) is 0 Å². The number of halogens is 4. The Kier molecular flexibility index (Phi) is 4.40. The molecule has 19 heavy (non-hydrogen) atoms. The summed E-state index contributed by atoms with van der Waals surface area (Å²) in [6.45, 7) is 0. The summed E-state index contributed by atoms with van der Waals surface area (Å²) in [5.41, 5.74) is 0.628. The highest BCUT2D eigenvalue weighted by molar-refractivity contribution is 6.31. The first-order valence-electron chi connectivity index (χ1n) is 5.55. The van der Waals surface area contributed by atoms with Crippen LogP contribution < -0.4 is 0 Å². The molecule has 0 saturated heterocycles. The van der Waals surface area contributed by atoms with E-state index in [2.05, 4.69) is 0 Å². The number of rotatable bonds is 3. The summed E-state index contributed by atoms with van der Waals surface area (Å²) in [4.78, 5) is 0. The zero-order valence-corrected chi connectivity index (χ0v) is 11.2. The number of aliphatic hydroxyl groups is 1. The van der Waals surface area contributed by atoms with Gasteiger partial charge in [-0.05, 0) is 29.3 Å². The predicted octanol–water partition coefficient (Wildman–Crippen LogP) is 4.55. The van der Waals surface area contributed by atoms with Crippen molar-refractivity contribution in [2.45, 2.75) is 12.5 Å². The highest BCUT2D eigenvalue weighted by Gasteiger charge is 2.16. The Hall–Kier alpha value is -1.16. The average Bonchev–Trinajstić information content (AvgIpc) is 2.34. The normalized spacial score (nSPS) is 12.5. The van der Waals surface area contributed by atoms with E-state index in [0.717, 1.165) is 6.07 Å². The highest BCUT2D eigenvalue weighted by Crippen LogP contribution is 2.28. The monoisotopic (exact) mass is 302 g/mol. The summed E-state index contributed by atoms with van der Waals surface area (Å²) in [7, 11) is 0. The smallest absolute Gasteiger partial charge is 0.145 e. The topological polar surface area (TPSA) is 20.2 Å². The zero-order valence-electron chi connectivity index (χ0n) is 9.71. The van der Waals surface area contributed by atoms with Crippen LogP contribution in [-0.4, -0.2) is 5.11 Å². The van der Waals surface area contributed by atoms with Crippen molar-refractivity contribution in [1.29, 1.82) is 0 Å². The quantitative estimate of drug-likeness (QED) is 0.882. The van der Waals surface area contributed by atoms with Gasteiger partial charge in [-0.15, -0.1) is 0 Å². The summed E-state index contributed by atoms with van der Waals surface area (Å²) in [5.74, 6) is -1.06. The minimum Gasteiger partial charge on any atom is -0.388 e. The Morgan fingerprint density at radius 3 is 2.47 bits per heavy atom. The molecule has 0 bridgehead atoms. The van der Waals surface area contributed by atoms with Crippen molar-refractivity contribution < 1.29 is 13.9 Å². The molecule has 0 aliphatic heterocycles. The summed E-state index contributed by atoms with van der Waals surface area (Å²) in [6, 6.07) is 8.23. The van der Waals surface area contributed by atoms with E-state index in [1.54, 1.807) is 6.07 Å². The van der Waals surface area contributed by atoms with Crippen LogP contribution in [-0.2, 0) is 6.42 Å². The molecule has 0 aliphatic carbocycles. The molecule has 0 radical (unpaired) electrons. The molecule has 2 rings (SSSR count). The van der Waals surface area contributed by atoms with Crippen LogP contribution >= 0.6 is 23.2 Å². The highest BCUT2D eigenvalue weighted by atomic mass is 35.5. The zero-order chi connectivity index (χ0) is 14.0. The summed E-state index contributed by atoms with van der Waals surface area (Å²) in [6.07, 6.45) is -1.02. The molecule has 2 aromatic carbocycles. The number of benzene rings is 2. The second kappa shape index (κ2) is 5.87. The Bertz CT molecular complexity index is 602. The van der Waals surface area contributed by atoms with Crippen LogP contribution in [0.15, 0.2) is 36.4 Å². The SMILES string of the molecule is OC(Cc1cccc(Cl)c1F)c1ccc(F)cc1Cl. The average molecular weight is 303 g/mol. The third kappa shape index (κ3) is 3.24. The van der Waals surface area contributed by atoms with Crippen LogP contribution in [0.3, 0.4) is 0 Å². The molecule has 5 heteroatoms. The Labute approximate surface area is 119 Å². The molecule has 0 amide bonds. The van der Waals surface area contributed by atoms with Crippen molar-refractivity contribution in [1.82, 2.24) is 0 Å². The van der Waals surface area contributed by atoms with E-state index in [0.29, 0.717) is 5.56 Å². The molecule has 0 spiro atoms. The van der Waals surface area contributed by atoms with Gasteiger partial charge in [-0.2, -0.15) is 0 Å². The maximum atomic E-state index is 13.7. The fourth-order valence-electron chi connectivity index (χ4n) is 1.80. The van der Waals surface area contributed by atoms with E-state index >= 15 is 0 Å². The van der Waals surface area contributed by atoms with E-state index < -0.39 is 17.7 Å². The molecule has 1 N–H and O–H groups in total. The fourth-order valence-corrected chi connectivity index (χ4v) is 2.28. The first kappa shape index (κ1) is 14.3. The van der Waals surface area contributed by atoms with Crippen LogP contribution in [0.2, 0.25) is 10.0 Å². The largest absolute Gasteiger partial charge is 0.388 e. The van der Waals surface area contributed by atoms with Gasteiger partial charge in [0.25, 0.3) is 0 Å². The summed E-state index contributed by atoms with van der Waals surface area (Å²) < 4.78 is 26.6. The molecule has 1 atom stereocenters. The molecular formula is C14H10Cl2F2O. The first-order valence-corrected chi connectivity index (χ1v) is 6.30. The lowest BCUT2D eigenvalue weighted by Gasteiger charge is -2.13. The van der Waals surface area contributed by atoms with Gasteiger partial charge in [0.2, 0.25) is 0 Å². The van der Waals surface area contributed by atoms with Crippen molar-refractivity contribution in [3.05, 3.63) is 69.2 Å². The minimum absolute atomic E-state index is 0.00472. The Morgan fingerprint density at radius 1 is 1.05 bits per heavy atom. The number of hydrogen-bond donors (Lipinski definition) is 1. The van der Waals surface area contributed by atoms with Crippen molar-refractivity contribution in [3.63, 3.8) is 0 Å². The maximum Gasteiger partial charge on any atom is 0.145 e. The minimum atomic E-state index is -1.03. The van der Waals surface area contributed by atoms with E-state index in [-0.39, 0.29) is 22.0 Å². The van der Waals surface area contributed by atoms with Gasteiger partial charge in [-0.1, -0.05) is 41.4 Å². The lowest BCUT2D eigenvalue weighted by Crippen LogP contribution is -2.04. The molecule has 100 valence electrons. The van der Waals surface area contributed by atoms with E-state index in [9.17, 15) is 13.9 Å². The van der Waals surface area contributed by atoms with Crippen molar-refractivity contribution in [2.24, 2.45) is 0 Å². The van der Waals surface area contributed by atoms with Crippen LogP contribution in [0, 0.1) is 11.6 Å². The lowest BCUT2D eigenvalue weighted by molar-refractivity contribution is 0.177. The second-order valence-electron chi connectivity index (χ2n) is 4.10. The second-order valence-corrected chi connectivity index (χ2v) is 4.91. The van der Waals surface area contributed by atoms with E-state index in [1.165, 1.54) is 24.3 Å². The van der Waals surface area contributed by atoms with Gasteiger partial charge in [0, 0.05) is 11.4 Å². The molecule has 1 nitrogen and oxygen atoms in total. The summed E-state index contributed by atoms with van der Waals surface area (Å²) >= 11 is 11.5. The molecule has 2 aromatic rings. The van der Waals surface area contributed by atoms with Crippen molar-refractivity contribution >= 4 is 23.2 Å². The third-order valence-corrected chi connectivity index (χ3v) is 3.39. The molecule has 0 fully saturated rings. The number of hydrogen-bond acceptors (Lipinski definition) is 1. The van der Waals surface area contributed by atoms with Crippen LogP contribution in [0.25, 0.3) is 0 Å². The van der Waals surface area contributed by atoms with Crippen molar-refractivity contribution in [2.75, 3.05) is 0 Å². The fraction of sp³-hybridized carbons (Fsp3) is 0.143. The third-order valence-electron chi connectivity index (χ3n) is 2.77. The predicted molar refractivity (Wildman–Crippen MR) is 71.5 cm³/mol. The van der Waals surface area contributed by atoms with Crippen LogP contribution in [0.1, 0.15) is 17.2 Å². The van der Waals surface area contributed by atoms with E-state index in [1.807, 2.05) is 0 Å². The Morgan fingerprint density at radius 2 is 1.79 bits per heavy atom. The van der Waals surface area contributed by atoms with Gasteiger partial charge in [-0.3, -0.25) is 0 Å². The van der Waals surface area contributed by atoms with Gasteiger partial charge in [0.1, 0.15) is 11.6 Å². The molecule has 0 saturated carbocycles.